The van der Waals surface area contributed by atoms with E-state index in [1.807, 2.05) is 18.2 Å². The van der Waals surface area contributed by atoms with Crippen LogP contribution >= 0.6 is 27.7 Å². The molecule has 0 saturated carbocycles. The highest BCUT2D eigenvalue weighted by molar-refractivity contribution is 9.10. The number of anilines is 1. The zero-order valence-electron chi connectivity index (χ0n) is 8.42. The van der Waals surface area contributed by atoms with Crippen molar-refractivity contribution in [3.63, 3.8) is 0 Å². The van der Waals surface area contributed by atoms with Crippen LogP contribution < -0.4 is 5.32 Å². The first-order valence-corrected chi connectivity index (χ1v) is 6.65. The molecule has 1 N–H and O–H groups in total. The quantitative estimate of drug-likeness (QED) is 0.899. The highest BCUT2D eigenvalue weighted by atomic mass is 79.9. The Bertz CT molecular complexity index is 394. The average Bonchev–Trinajstić information content (AvgIpc) is 2.21. The van der Waals surface area contributed by atoms with Gasteiger partial charge in [-0.05, 0) is 34.5 Å². The van der Waals surface area contributed by atoms with Crippen LogP contribution in [0.25, 0.3) is 0 Å². The lowest BCUT2D eigenvalue weighted by atomic mass is 10.2. The molecule has 1 amide bonds. The van der Waals surface area contributed by atoms with E-state index in [2.05, 4.69) is 28.2 Å². The molecule has 1 heterocycles. The molecule has 1 aliphatic rings. The summed E-state index contributed by atoms with van der Waals surface area (Å²) in [6.07, 6.45) is 1.97. The minimum atomic E-state index is 0.0665. The van der Waals surface area contributed by atoms with Gasteiger partial charge in [-0.2, -0.15) is 0 Å². The molecule has 1 aromatic carbocycles. The molecule has 1 unspecified atom stereocenters. The number of thioether (sulfide) groups is 1. The molecule has 0 aromatic heterocycles. The normalized spacial score (nSPS) is 19.6. The molecule has 80 valence electrons. The van der Waals surface area contributed by atoms with Crippen molar-refractivity contribution in [2.24, 2.45) is 0 Å². The number of amides is 1. The van der Waals surface area contributed by atoms with Crippen molar-refractivity contribution < 1.29 is 4.79 Å². The molecular weight excluding hydrogens is 274 g/mol. The Balaban J connectivity index is 2.30. The molecule has 1 aliphatic heterocycles. The second-order valence-corrected chi connectivity index (χ2v) is 5.60. The van der Waals surface area contributed by atoms with Gasteiger partial charge < -0.3 is 5.32 Å². The molecular formula is C11H12BrNOS. The second-order valence-electron chi connectivity index (χ2n) is 3.50. The van der Waals surface area contributed by atoms with Crippen LogP contribution in [0, 0.1) is 0 Å². The molecule has 0 aliphatic carbocycles. The van der Waals surface area contributed by atoms with Crippen molar-refractivity contribution in [1.82, 2.24) is 0 Å². The molecule has 0 spiro atoms. The van der Waals surface area contributed by atoms with Gasteiger partial charge in [0, 0.05) is 9.37 Å². The zero-order valence-corrected chi connectivity index (χ0v) is 10.8. The fraction of sp³-hybridized carbons (Fsp3) is 0.364. The van der Waals surface area contributed by atoms with Crippen molar-refractivity contribution in [3.8, 4) is 0 Å². The molecule has 1 atom stereocenters. The van der Waals surface area contributed by atoms with Crippen LogP contribution in [-0.4, -0.2) is 11.2 Å². The first-order chi connectivity index (χ1) is 7.22. The Hall–Kier alpha value is -0.480. The summed E-state index contributed by atoms with van der Waals surface area (Å²) in [5, 5.41) is 3.02. The number of hydrogen-bond acceptors (Lipinski definition) is 2. The van der Waals surface area contributed by atoms with E-state index in [0.717, 1.165) is 27.9 Å². The third-order valence-electron chi connectivity index (χ3n) is 2.34. The van der Waals surface area contributed by atoms with Gasteiger partial charge in [-0.1, -0.05) is 19.4 Å². The van der Waals surface area contributed by atoms with E-state index >= 15 is 0 Å². The summed E-state index contributed by atoms with van der Waals surface area (Å²) in [7, 11) is 0. The topological polar surface area (TPSA) is 29.1 Å². The summed E-state index contributed by atoms with van der Waals surface area (Å²) in [6.45, 7) is 2.10. The smallest absolute Gasteiger partial charge is 0.237 e. The molecule has 0 radical (unpaired) electrons. The average molecular weight is 286 g/mol. The Morgan fingerprint density at radius 2 is 2.33 bits per heavy atom. The summed E-state index contributed by atoms with van der Waals surface area (Å²) in [4.78, 5) is 12.9. The van der Waals surface area contributed by atoms with Gasteiger partial charge in [0.05, 0.1) is 10.9 Å². The number of benzene rings is 1. The lowest BCUT2D eigenvalue weighted by Gasteiger charge is -2.24. The number of fused-ring (bicyclic) bond motifs is 1. The number of para-hydroxylation sites is 1. The van der Waals surface area contributed by atoms with Crippen molar-refractivity contribution in [1.29, 1.82) is 0 Å². The Morgan fingerprint density at radius 1 is 1.53 bits per heavy atom. The number of hydrogen-bond donors (Lipinski definition) is 1. The minimum absolute atomic E-state index is 0.0665. The highest BCUT2D eigenvalue weighted by Gasteiger charge is 2.26. The standard InChI is InChI=1S/C11H12BrNOS/c1-2-4-9-11(14)13-10-7(12)5-3-6-8(10)15-9/h3,5-6,9H,2,4H2,1H3,(H,13,14). The number of rotatable bonds is 2. The third-order valence-corrected chi connectivity index (χ3v) is 4.33. The van der Waals surface area contributed by atoms with Gasteiger partial charge in [0.1, 0.15) is 0 Å². The van der Waals surface area contributed by atoms with Crippen molar-refractivity contribution in [3.05, 3.63) is 22.7 Å². The molecule has 0 fully saturated rings. The van der Waals surface area contributed by atoms with Gasteiger partial charge in [-0.15, -0.1) is 11.8 Å². The number of carbonyl (C=O) groups excluding carboxylic acids is 1. The second kappa shape index (κ2) is 4.58. The van der Waals surface area contributed by atoms with E-state index in [1.54, 1.807) is 11.8 Å². The molecule has 2 nitrogen and oxygen atoms in total. The van der Waals surface area contributed by atoms with Gasteiger partial charge in [0.2, 0.25) is 5.91 Å². The maximum Gasteiger partial charge on any atom is 0.237 e. The lowest BCUT2D eigenvalue weighted by Crippen LogP contribution is -2.28. The fourth-order valence-electron chi connectivity index (χ4n) is 1.59. The molecule has 4 heteroatoms. The van der Waals surface area contributed by atoms with E-state index in [4.69, 9.17) is 0 Å². The van der Waals surface area contributed by atoms with Crippen LogP contribution in [0.4, 0.5) is 5.69 Å². The molecule has 1 aromatic rings. The molecule has 2 rings (SSSR count). The van der Waals surface area contributed by atoms with E-state index in [1.165, 1.54) is 0 Å². The number of halogens is 1. The Labute approximate surface area is 102 Å². The van der Waals surface area contributed by atoms with E-state index in [0.29, 0.717) is 0 Å². The Morgan fingerprint density at radius 3 is 3.07 bits per heavy atom. The highest BCUT2D eigenvalue weighted by Crippen LogP contribution is 2.40. The van der Waals surface area contributed by atoms with Crippen molar-refractivity contribution in [2.45, 2.75) is 29.9 Å². The van der Waals surface area contributed by atoms with Crippen LogP contribution in [0.1, 0.15) is 19.8 Å². The summed E-state index contributed by atoms with van der Waals surface area (Å²) >= 11 is 5.10. The summed E-state index contributed by atoms with van der Waals surface area (Å²) in [5.74, 6) is 0.126. The van der Waals surface area contributed by atoms with E-state index < -0.39 is 0 Å². The predicted octanol–water partition coefficient (Wildman–Crippen LogP) is 3.66. The SMILES string of the molecule is CCCC1Sc2cccc(Br)c2NC1=O. The van der Waals surface area contributed by atoms with Gasteiger partial charge >= 0.3 is 0 Å². The summed E-state index contributed by atoms with van der Waals surface area (Å²) in [6, 6.07) is 5.99. The first kappa shape index (κ1) is 11.0. The maximum absolute atomic E-state index is 11.7. The summed E-state index contributed by atoms with van der Waals surface area (Å²) in [5.41, 5.74) is 0.917. The van der Waals surface area contributed by atoms with Crippen LogP contribution in [-0.2, 0) is 4.79 Å². The molecule has 0 saturated heterocycles. The van der Waals surface area contributed by atoms with Gasteiger partial charge in [-0.3, -0.25) is 4.79 Å². The summed E-state index contributed by atoms with van der Waals surface area (Å²) < 4.78 is 0.954. The van der Waals surface area contributed by atoms with Crippen LogP contribution in [0.2, 0.25) is 0 Å². The molecule has 15 heavy (non-hydrogen) atoms. The molecule has 0 bridgehead atoms. The first-order valence-electron chi connectivity index (χ1n) is 4.98. The van der Waals surface area contributed by atoms with Crippen molar-refractivity contribution in [2.75, 3.05) is 5.32 Å². The largest absolute Gasteiger partial charge is 0.323 e. The minimum Gasteiger partial charge on any atom is -0.323 e. The van der Waals surface area contributed by atoms with Crippen LogP contribution in [0.15, 0.2) is 27.6 Å². The fourth-order valence-corrected chi connectivity index (χ4v) is 3.45. The van der Waals surface area contributed by atoms with Gasteiger partial charge in [0.15, 0.2) is 0 Å². The lowest BCUT2D eigenvalue weighted by molar-refractivity contribution is -0.115. The van der Waals surface area contributed by atoms with Crippen LogP contribution in [0.5, 0.6) is 0 Å². The Kier molecular flexibility index (Phi) is 3.36. The van der Waals surface area contributed by atoms with Crippen molar-refractivity contribution >= 4 is 39.3 Å². The van der Waals surface area contributed by atoms with E-state index in [-0.39, 0.29) is 11.2 Å². The van der Waals surface area contributed by atoms with Gasteiger partial charge in [0.25, 0.3) is 0 Å². The van der Waals surface area contributed by atoms with Gasteiger partial charge in [-0.25, -0.2) is 0 Å². The number of nitrogens with one attached hydrogen (secondary N) is 1. The third kappa shape index (κ3) is 2.21. The van der Waals surface area contributed by atoms with E-state index in [9.17, 15) is 4.79 Å². The maximum atomic E-state index is 11.7. The van der Waals surface area contributed by atoms with Crippen LogP contribution in [0.3, 0.4) is 0 Å². The predicted molar refractivity (Wildman–Crippen MR) is 67.3 cm³/mol. The monoisotopic (exact) mass is 285 g/mol. The zero-order chi connectivity index (χ0) is 10.8. The number of carbonyl (C=O) groups is 1.